The molecule has 0 aromatic heterocycles. The van der Waals surface area contributed by atoms with E-state index in [1.807, 2.05) is 0 Å². The Balaban J connectivity index is 2.54. The van der Waals surface area contributed by atoms with Crippen molar-refractivity contribution in [1.82, 2.24) is 5.32 Å². The van der Waals surface area contributed by atoms with E-state index in [0.717, 1.165) is 19.4 Å². The molecule has 0 aliphatic heterocycles. The summed E-state index contributed by atoms with van der Waals surface area (Å²) in [6.07, 6.45) is 5.71. The fourth-order valence-electron chi connectivity index (χ4n) is 2.42. The zero-order chi connectivity index (χ0) is 13.9. The van der Waals surface area contributed by atoms with Gasteiger partial charge in [0.25, 0.3) is 0 Å². The number of rotatable bonds is 10. The van der Waals surface area contributed by atoms with Crippen molar-refractivity contribution in [3.8, 4) is 0 Å². The normalized spacial score (nSPS) is 14.3. The average molecular weight is 263 g/mol. The van der Waals surface area contributed by atoms with E-state index in [2.05, 4.69) is 49.5 Å². The van der Waals surface area contributed by atoms with Crippen LogP contribution in [0.3, 0.4) is 0 Å². The summed E-state index contributed by atoms with van der Waals surface area (Å²) in [6.45, 7) is 5.74. The van der Waals surface area contributed by atoms with Gasteiger partial charge in [-0.05, 0) is 30.9 Å². The van der Waals surface area contributed by atoms with E-state index in [4.69, 9.17) is 5.11 Å². The predicted molar refractivity (Wildman–Crippen MR) is 82.2 cm³/mol. The summed E-state index contributed by atoms with van der Waals surface area (Å²) in [5.41, 5.74) is 1.38. The highest BCUT2D eigenvalue weighted by molar-refractivity contribution is 5.18. The molecule has 2 N–H and O–H groups in total. The molecule has 108 valence electrons. The Labute approximate surface area is 118 Å². The van der Waals surface area contributed by atoms with Gasteiger partial charge in [0.2, 0.25) is 0 Å². The van der Waals surface area contributed by atoms with Crippen molar-refractivity contribution in [3.05, 3.63) is 35.9 Å². The van der Waals surface area contributed by atoms with E-state index in [1.165, 1.54) is 24.8 Å². The highest BCUT2D eigenvalue weighted by Gasteiger charge is 2.12. The number of hydrogen-bond donors (Lipinski definition) is 2. The first kappa shape index (κ1) is 16.2. The zero-order valence-electron chi connectivity index (χ0n) is 12.4. The van der Waals surface area contributed by atoms with E-state index in [1.54, 1.807) is 0 Å². The SMILES string of the molecule is CCCCC(NCC(CC)CCO)c1ccccc1. The van der Waals surface area contributed by atoms with Crippen LogP contribution in [0.5, 0.6) is 0 Å². The van der Waals surface area contributed by atoms with Crippen molar-refractivity contribution in [2.45, 2.75) is 52.0 Å². The summed E-state index contributed by atoms with van der Waals surface area (Å²) in [7, 11) is 0. The minimum atomic E-state index is 0.297. The van der Waals surface area contributed by atoms with Crippen LogP contribution in [0.1, 0.15) is 57.6 Å². The molecule has 2 heteroatoms. The van der Waals surface area contributed by atoms with Gasteiger partial charge in [0.15, 0.2) is 0 Å². The van der Waals surface area contributed by atoms with Gasteiger partial charge in [-0.3, -0.25) is 0 Å². The molecule has 0 aliphatic carbocycles. The van der Waals surface area contributed by atoms with Crippen LogP contribution in [0.4, 0.5) is 0 Å². The molecule has 1 rings (SSSR count). The topological polar surface area (TPSA) is 32.3 Å². The molecule has 0 fully saturated rings. The van der Waals surface area contributed by atoms with Crippen LogP contribution in [0.25, 0.3) is 0 Å². The first-order valence-corrected chi connectivity index (χ1v) is 7.71. The number of aliphatic hydroxyl groups excluding tert-OH is 1. The van der Waals surface area contributed by atoms with Crippen molar-refractivity contribution >= 4 is 0 Å². The zero-order valence-corrected chi connectivity index (χ0v) is 12.4. The third-order valence-corrected chi connectivity index (χ3v) is 3.82. The highest BCUT2D eigenvalue weighted by Crippen LogP contribution is 2.20. The molecule has 0 amide bonds. The van der Waals surface area contributed by atoms with Crippen LogP contribution in [0, 0.1) is 5.92 Å². The first-order valence-electron chi connectivity index (χ1n) is 7.71. The maximum Gasteiger partial charge on any atom is 0.0434 e. The lowest BCUT2D eigenvalue weighted by molar-refractivity contribution is 0.247. The Kier molecular flexibility index (Phi) is 8.52. The standard InChI is InChI=1S/C17H29NO/c1-3-5-11-17(16-9-7-6-8-10-16)18-14-15(4-2)12-13-19/h6-10,15,17-19H,3-5,11-14H2,1-2H3. The largest absolute Gasteiger partial charge is 0.396 e. The van der Waals surface area contributed by atoms with Crippen molar-refractivity contribution in [2.75, 3.05) is 13.2 Å². The monoisotopic (exact) mass is 263 g/mol. The van der Waals surface area contributed by atoms with Crippen molar-refractivity contribution < 1.29 is 5.11 Å². The minimum absolute atomic E-state index is 0.297. The van der Waals surface area contributed by atoms with Crippen molar-refractivity contribution in [3.63, 3.8) is 0 Å². The molecule has 1 aromatic rings. The van der Waals surface area contributed by atoms with E-state index < -0.39 is 0 Å². The van der Waals surface area contributed by atoms with Gasteiger partial charge in [-0.15, -0.1) is 0 Å². The van der Waals surface area contributed by atoms with E-state index in [9.17, 15) is 0 Å². The van der Waals surface area contributed by atoms with E-state index in [-0.39, 0.29) is 0 Å². The molecule has 2 nitrogen and oxygen atoms in total. The average Bonchev–Trinajstić information content (AvgIpc) is 2.47. The van der Waals surface area contributed by atoms with Gasteiger partial charge < -0.3 is 10.4 Å². The third kappa shape index (κ3) is 6.22. The molecule has 1 aromatic carbocycles. The molecular formula is C17H29NO. The summed E-state index contributed by atoms with van der Waals surface area (Å²) in [4.78, 5) is 0. The van der Waals surface area contributed by atoms with Crippen molar-refractivity contribution in [2.24, 2.45) is 5.92 Å². The van der Waals surface area contributed by atoms with Gasteiger partial charge >= 0.3 is 0 Å². The predicted octanol–water partition coefficient (Wildman–Crippen LogP) is 3.92. The van der Waals surface area contributed by atoms with Crippen LogP contribution < -0.4 is 5.32 Å². The van der Waals surface area contributed by atoms with Crippen LogP contribution in [0.2, 0.25) is 0 Å². The van der Waals surface area contributed by atoms with E-state index >= 15 is 0 Å². The van der Waals surface area contributed by atoms with Crippen LogP contribution >= 0.6 is 0 Å². The number of benzene rings is 1. The second-order valence-corrected chi connectivity index (χ2v) is 5.30. The summed E-state index contributed by atoms with van der Waals surface area (Å²) in [5, 5.41) is 12.8. The Morgan fingerprint density at radius 3 is 2.42 bits per heavy atom. The molecule has 0 bridgehead atoms. The smallest absolute Gasteiger partial charge is 0.0434 e. The molecule has 0 aliphatic rings. The second-order valence-electron chi connectivity index (χ2n) is 5.30. The van der Waals surface area contributed by atoms with Gasteiger partial charge in [-0.25, -0.2) is 0 Å². The van der Waals surface area contributed by atoms with Gasteiger partial charge in [-0.1, -0.05) is 63.4 Å². The second kappa shape index (κ2) is 9.99. The van der Waals surface area contributed by atoms with Gasteiger partial charge in [0, 0.05) is 12.6 Å². The number of hydrogen-bond acceptors (Lipinski definition) is 2. The summed E-state index contributed by atoms with van der Waals surface area (Å²) >= 11 is 0. The lowest BCUT2D eigenvalue weighted by Crippen LogP contribution is -2.27. The molecule has 2 unspecified atom stereocenters. The fourth-order valence-corrected chi connectivity index (χ4v) is 2.42. The molecule has 0 saturated heterocycles. The molecule has 0 heterocycles. The minimum Gasteiger partial charge on any atom is -0.396 e. The van der Waals surface area contributed by atoms with Gasteiger partial charge in [0.1, 0.15) is 0 Å². The Hall–Kier alpha value is -0.860. The summed E-state index contributed by atoms with van der Waals surface area (Å²) in [5.74, 6) is 0.581. The lowest BCUT2D eigenvalue weighted by atomic mass is 9.98. The fraction of sp³-hybridized carbons (Fsp3) is 0.647. The third-order valence-electron chi connectivity index (χ3n) is 3.82. The molecule has 0 spiro atoms. The summed E-state index contributed by atoms with van der Waals surface area (Å²) < 4.78 is 0. The number of aliphatic hydroxyl groups is 1. The van der Waals surface area contributed by atoms with Crippen LogP contribution in [-0.2, 0) is 0 Å². The summed E-state index contributed by atoms with van der Waals surface area (Å²) in [6, 6.07) is 11.2. The van der Waals surface area contributed by atoms with Crippen LogP contribution in [0.15, 0.2) is 30.3 Å². The Morgan fingerprint density at radius 2 is 1.84 bits per heavy atom. The van der Waals surface area contributed by atoms with Crippen LogP contribution in [-0.4, -0.2) is 18.3 Å². The van der Waals surface area contributed by atoms with Gasteiger partial charge in [0.05, 0.1) is 0 Å². The highest BCUT2D eigenvalue weighted by atomic mass is 16.3. The number of unbranched alkanes of at least 4 members (excludes halogenated alkanes) is 1. The lowest BCUT2D eigenvalue weighted by Gasteiger charge is -2.22. The quantitative estimate of drug-likeness (QED) is 0.670. The molecule has 2 atom stereocenters. The van der Waals surface area contributed by atoms with E-state index in [0.29, 0.717) is 18.6 Å². The van der Waals surface area contributed by atoms with Gasteiger partial charge in [-0.2, -0.15) is 0 Å². The first-order chi connectivity index (χ1) is 9.31. The number of nitrogens with one attached hydrogen (secondary N) is 1. The molecular weight excluding hydrogens is 234 g/mol. The van der Waals surface area contributed by atoms with Crippen molar-refractivity contribution in [1.29, 1.82) is 0 Å². The molecule has 0 radical (unpaired) electrons. The Bertz CT molecular complexity index is 312. The molecule has 19 heavy (non-hydrogen) atoms. The maximum atomic E-state index is 9.06. The molecule has 0 saturated carbocycles. The maximum absolute atomic E-state index is 9.06. The Morgan fingerprint density at radius 1 is 1.11 bits per heavy atom.